The summed E-state index contributed by atoms with van der Waals surface area (Å²) in [5.41, 5.74) is 0.882. The Balaban J connectivity index is -0.000000512. The van der Waals surface area contributed by atoms with E-state index in [9.17, 15) is 0 Å². The van der Waals surface area contributed by atoms with Crippen LogP contribution in [0, 0.1) is 47.0 Å². The van der Waals surface area contributed by atoms with Crippen molar-refractivity contribution < 1.29 is 26.2 Å². The standard InChI is InChI=1S/C14H24.4CH3.Zr/c1-2-7-12(6-1)14(10-5-11-14)13-8-3-4-9-13;;;;;/h12-13H,1-11H2;4*1H3;/q;4*-1;+4. The second-order valence-corrected chi connectivity index (χ2v) is 6.05. The van der Waals surface area contributed by atoms with E-state index < -0.39 is 0 Å². The molecule has 0 N–H and O–H groups in total. The molecular formula is C18H36Zr. The van der Waals surface area contributed by atoms with Crippen molar-refractivity contribution in [3.63, 3.8) is 0 Å². The van der Waals surface area contributed by atoms with Crippen molar-refractivity contribution in [3.8, 4) is 0 Å². The van der Waals surface area contributed by atoms with E-state index in [1.54, 1.807) is 70.6 Å². The summed E-state index contributed by atoms with van der Waals surface area (Å²) in [5.74, 6) is 2.30. The van der Waals surface area contributed by atoms with Crippen LogP contribution in [0.5, 0.6) is 0 Å². The number of hydrogen-bond acceptors (Lipinski definition) is 0. The Morgan fingerprint density at radius 3 is 1.05 bits per heavy atom. The van der Waals surface area contributed by atoms with Gasteiger partial charge in [0.05, 0.1) is 0 Å². The Kier molecular flexibility index (Phi) is 13.9. The molecule has 3 saturated carbocycles. The van der Waals surface area contributed by atoms with Crippen LogP contribution < -0.4 is 0 Å². The maximum absolute atomic E-state index is 1.60. The maximum atomic E-state index is 1.60. The van der Waals surface area contributed by atoms with E-state index >= 15 is 0 Å². The first-order valence-electron chi connectivity index (χ1n) is 6.92. The molecule has 0 aromatic heterocycles. The second-order valence-electron chi connectivity index (χ2n) is 6.05. The third-order valence-electron chi connectivity index (χ3n) is 5.62. The Morgan fingerprint density at radius 1 is 0.526 bits per heavy atom. The van der Waals surface area contributed by atoms with Gasteiger partial charge in [-0.25, -0.2) is 0 Å². The third kappa shape index (κ3) is 4.42. The van der Waals surface area contributed by atoms with Gasteiger partial charge in [-0.3, -0.25) is 0 Å². The molecule has 3 rings (SSSR count). The van der Waals surface area contributed by atoms with Gasteiger partial charge in [0.1, 0.15) is 0 Å². The van der Waals surface area contributed by atoms with Crippen LogP contribution in [-0.2, 0) is 26.2 Å². The van der Waals surface area contributed by atoms with Gasteiger partial charge in [-0.2, -0.15) is 0 Å². The Hall–Kier alpha value is 0.883. The van der Waals surface area contributed by atoms with Crippen molar-refractivity contribution in [2.24, 2.45) is 17.3 Å². The molecule has 3 aliphatic carbocycles. The van der Waals surface area contributed by atoms with Crippen LogP contribution >= 0.6 is 0 Å². The molecule has 19 heavy (non-hydrogen) atoms. The van der Waals surface area contributed by atoms with Crippen LogP contribution in [0.15, 0.2) is 0 Å². The fraction of sp³-hybridized carbons (Fsp3) is 0.778. The Labute approximate surface area is 143 Å². The Morgan fingerprint density at radius 2 is 0.842 bits per heavy atom. The molecule has 0 radical (unpaired) electrons. The molecule has 0 atom stereocenters. The fourth-order valence-corrected chi connectivity index (χ4v) is 4.74. The maximum Gasteiger partial charge on any atom is 4.00 e. The molecule has 3 fully saturated rings. The van der Waals surface area contributed by atoms with E-state index in [0.717, 1.165) is 17.3 Å². The predicted molar refractivity (Wildman–Crippen MR) is 85.9 cm³/mol. The SMILES string of the molecule is C1CCC(C2(C3CCCC3)CCC2)C1.[CH3-].[CH3-].[CH3-].[CH3-].[Zr+4]. The fourth-order valence-electron chi connectivity index (χ4n) is 4.74. The van der Waals surface area contributed by atoms with Gasteiger partial charge in [0.15, 0.2) is 0 Å². The average Bonchev–Trinajstić information content (AvgIpc) is 2.71. The topological polar surface area (TPSA) is 0 Å². The van der Waals surface area contributed by atoms with Gasteiger partial charge in [0.2, 0.25) is 0 Å². The zero-order valence-electron chi connectivity index (χ0n) is 13.9. The first-order chi connectivity index (χ1) is 6.92. The monoisotopic (exact) mass is 342 g/mol. The summed E-state index contributed by atoms with van der Waals surface area (Å²) >= 11 is 0. The van der Waals surface area contributed by atoms with E-state index in [1.165, 1.54) is 0 Å². The van der Waals surface area contributed by atoms with Crippen LogP contribution in [0.25, 0.3) is 0 Å². The van der Waals surface area contributed by atoms with Gasteiger partial charge in [0, 0.05) is 0 Å². The number of hydrogen-bond donors (Lipinski definition) is 0. The second kappa shape index (κ2) is 10.6. The largest absolute Gasteiger partial charge is 4.00 e. The van der Waals surface area contributed by atoms with Crippen LogP contribution in [0.3, 0.4) is 0 Å². The Bertz CT molecular complexity index is 178. The third-order valence-corrected chi connectivity index (χ3v) is 5.62. The van der Waals surface area contributed by atoms with E-state index in [1.807, 2.05) is 0 Å². The quantitative estimate of drug-likeness (QED) is 0.513. The molecule has 0 nitrogen and oxygen atoms in total. The molecule has 3 aliphatic rings. The van der Waals surface area contributed by atoms with Crippen molar-refractivity contribution in [1.82, 2.24) is 0 Å². The van der Waals surface area contributed by atoms with Crippen LogP contribution in [-0.4, -0.2) is 0 Å². The zero-order chi connectivity index (χ0) is 9.43. The molecule has 0 bridgehead atoms. The van der Waals surface area contributed by atoms with Crippen molar-refractivity contribution in [2.45, 2.75) is 70.6 Å². The minimum atomic E-state index is 0. The summed E-state index contributed by atoms with van der Waals surface area (Å²) in [6.07, 6.45) is 17.2. The van der Waals surface area contributed by atoms with Crippen molar-refractivity contribution in [1.29, 1.82) is 0 Å². The van der Waals surface area contributed by atoms with Gasteiger partial charge >= 0.3 is 26.2 Å². The van der Waals surface area contributed by atoms with E-state index in [0.29, 0.717) is 0 Å². The van der Waals surface area contributed by atoms with Gasteiger partial charge in [-0.05, 0) is 55.8 Å². The minimum Gasteiger partial charge on any atom is -0.358 e. The van der Waals surface area contributed by atoms with Crippen molar-refractivity contribution in [2.75, 3.05) is 0 Å². The minimum absolute atomic E-state index is 0. The molecule has 112 valence electrons. The smallest absolute Gasteiger partial charge is 0.358 e. The van der Waals surface area contributed by atoms with Gasteiger partial charge in [0.25, 0.3) is 0 Å². The van der Waals surface area contributed by atoms with Crippen molar-refractivity contribution in [3.05, 3.63) is 29.7 Å². The summed E-state index contributed by atoms with van der Waals surface area (Å²) in [7, 11) is 0. The molecule has 0 spiro atoms. The first-order valence-corrected chi connectivity index (χ1v) is 6.92. The van der Waals surface area contributed by atoms with Crippen LogP contribution in [0.1, 0.15) is 70.6 Å². The summed E-state index contributed by atoms with van der Waals surface area (Å²) in [4.78, 5) is 0. The normalized spacial score (nSPS) is 24.6. The molecule has 0 saturated heterocycles. The summed E-state index contributed by atoms with van der Waals surface area (Å²) in [6, 6.07) is 0. The molecular weight excluding hydrogens is 307 g/mol. The molecule has 0 aliphatic heterocycles. The van der Waals surface area contributed by atoms with E-state index in [4.69, 9.17) is 0 Å². The predicted octanol–water partition coefficient (Wildman–Crippen LogP) is 6.34. The molecule has 0 unspecified atom stereocenters. The van der Waals surface area contributed by atoms with Gasteiger partial charge < -0.3 is 29.7 Å². The van der Waals surface area contributed by atoms with Crippen LogP contribution in [0.2, 0.25) is 0 Å². The first kappa shape index (κ1) is 24.9. The van der Waals surface area contributed by atoms with Gasteiger partial charge in [-0.1, -0.05) is 32.1 Å². The number of rotatable bonds is 2. The van der Waals surface area contributed by atoms with Gasteiger partial charge in [-0.15, -0.1) is 0 Å². The van der Waals surface area contributed by atoms with E-state index in [2.05, 4.69) is 0 Å². The molecule has 0 aromatic carbocycles. The summed E-state index contributed by atoms with van der Waals surface area (Å²) in [5, 5.41) is 0. The van der Waals surface area contributed by atoms with Crippen molar-refractivity contribution >= 4 is 0 Å². The summed E-state index contributed by atoms with van der Waals surface area (Å²) < 4.78 is 0. The van der Waals surface area contributed by atoms with E-state index in [-0.39, 0.29) is 55.9 Å². The summed E-state index contributed by atoms with van der Waals surface area (Å²) in [6.45, 7) is 0. The zero-order valence-corrected chi connectivity index (χ0v) is 16.4. The molecule has 0 aromatic rings. The molecule has 0 heterocycles. The molecule has 0 amide bonds. The van der Waals surface area contributed by atoms with Crippen LogP contribution in [0.4, 0.5) is 0 Å². The average molecular weight is 344 g/mol. The molecule has 1 heteroatoms.